The number of ether oxygens (including phenoxy) is 1. The molecule has 1 aromatic rings. The van der Waals surface area contributed by atoms with Gasteiger partial charge in [-0.3, -0.25) is 14.9 Å². The summed E-state index contributed by atoms with van der Waals surface area (Å²) in [5.41, 5.74) is 0.613. The van der Waals surface area contributed by atoms with Crippen LogP contribution in [0.1, 0.15) is 38.3 Å². The fourth-order valence-electron chi connectivity index (χ4n) is 3.35. The highest BCUT2D eigenvalue weighted by molar-refractivity contribution is 6.08. The Morgan fingerprint density at radius 3 is 2.58 bits per heavy atom. The van der Waals surface area contributed by atoms with E-state index >= 15 is 0 Å². The molecule has 2 aliphatic heterocycles. The average Bonchev–Trinajstić information content (AvgIpc) is 2.62. The van der Waals surface area contributed by atoms with Gasteiger partial charge in [0.15, 0.2) is 5.92 Å². The lowest BCUT2D eigenvalue weighted by Gasteiger charge is -2.36. The fraction of sp³-hybridized carbons (Fsp3) is 0.526. The molecular weight excluding hydrogens is 337 g/mol. The van der Waals surface area contributed by atoms with E-state index < -0.39 is 23.8 Å². The van der Waals surface area contributed by atoms with Crippen molar-refractivity contribution in [3.05, 3.63) is 35.6 Å². The van der Waals surface area contributed by atoms with Gasteiger partial charge in [0.05, 0.1) is 6.61 Å². The number of esters is 1. The molecule has 2 heterocycles. The Morgan fingerprint density at radius 2 is 1.96 bits per heavy atom. The number of nitrogens with zero attached hydrogens (tertiary/aromatic N) is 2. The van der Waals surface area contributed by atoms with Crippen LogP contribution in [-0.4, -0.2) is 42.4 Å². The standard InChI is InChI=1S/C19H24FN3O3/c1-3-26-18(25)15-16(13-4-6-14(20)7-5-13)21-19(22-17(15)24)23-10-8-12(2)9-11-23/h4-7,12,15-16H,3,8-11H2,1-2H3,(H,21,22,24)/t15-,16-/m1/s1. The molecule has 0 aromatic heterocycles. The summed E-state index contributed by atoms with van der Waals surface area (Å²) < 4.78 is 18.4. The lowest BCUT2D eigenvalue weighted by molar-refractivity contribution is -0.153. The van der Waals surface area contributed by atoms with Gasteiger partial charge < -0.3 is 9.64 Å². The Hall–Kier alpha value is -2.44. The Morgan fingerprint density at radius 1 is 1.31 bits per heavy atom. The molecule has 140 valence electrons. The summed E-state index contributed by atoms with van der Waals surface area (Å²) in [7, 11) is 0. The van der Waals surface area contributed by atoms with Gasteiger partial charge >= 0.3 is 5.97 Å². The van der Waals surface area contributed by atoms with E-state index in [2.05, 4.69) is 17.2 Å². The van der Waals surface area contributed by atoms with Gasteiger partial charge in [-0.05, 0) is 43.4 Å². The highest BCUT2D eigenvalue weighted by Crippen LogP contribution is 2.31. The van der Waals surface area contributed by atoms with E-state index in [4.69, 9.17) is 4.74 Å². The first-order valence-corrected chi connectivity index (χ1v) is 9.05. The molecule has 1 saturated heterocycles. The van der Waals surface area contributed by atoms with Crippen LogP contribution < -0.4 is 5.32 Å². The molecule has 0 saturated carbocycles. The third-order valence-corrected chi connectivity index (χ3v) is 4.93. The first-order chi connectivity index (χ1) is 12.5. The van der Waals surface area contributed by atoms with Crippen LogP contribution in [0, 0.1) is 17.7 Å². The van der Waals surface area contributed by atoms with Crippen LogP contribution in [0.4, 0.5) is 4.39 Å². The van der Waals surface area contributed by atoms with Gasteiger partial charge in [-0.1, -0.05) is 19.1 Å². The second-order valence-corrected chi connectivity index (χ2v) is 6.84. The van der Waals surface area contributed by atoms with Gasteiger partial charge in [-0.15, -0.1) is 0 Å². The first kappa shape index (κ1) is 18.4. The SMILES string of the molecule is CCOC(=O)[C@H]1C(=O)NC(N2CCC(C)CC2)=N[C@@H]1c1ccc(F)cc1. The van der Waals surface area contributed by atoms with Crippen molar-refractivity contribution in [2.24, 2.45) is 16.8 Å². The molecule has 0 aliphatic carbocycles. The minimum absolute atomic E-state index is 0.180. The van der Waals surface area contributed by atoms with Crippen LogP contribution in [0.5, 0.6) is 0 Å². The van der Waals surface area contributed by atoms with Crippen molar-refractivity contribution in [1.29, 1.82) is 0 Å². The maximum absolute atomic E-state index is 13.3. The summed E-state index contributed by atoms with van der Waals surface area (Å²) in [6, 6.07) is 5.01. The van der Waals surface area contributed by atoms with Crippen LogP contribution in [0.3, 0.4) is 0 Å². The molecule has 0 spiro atoms. The number of guanidine groups is 1. The number of likely N-dealkylation sites (tertiary alicyclic amines) is 1. The normalized spacial score (nSPS) is 24.0. The molecule has 2 aliphatic rings. The number of piperidine rings is 1. The third-order valence-electron chi connectivity index (χ3n) is 4.93. The third kappa shape index (κ3) is 3.86. The Bertz CT molecular complexity index is 696. The number of carbonyl (C=O) groups is 2. The van der Waals surface area contributed by atoms with Crippen LogP contribution in [0.15, 0.2) is 29.3 Å². The Kier molecular flexibility index (Phi) is 5.54. The Labute approximate surface area is 152 Å². The van der Waals surface area contributed by atoms with E-state index in [-0.39, 0.29) is 12.4 Å². The fourth-order valence-corrected chi connectivity index (χ4v) is 3.35. The zero-order valence-electron chi connectivity index (χ0n) is 15.1. The van der Waals surface area contributed by atoms with Crippen molar-refractivity contribution >= 4 is 17.8 Å². The van der Waals surface area contributed by atoms with Gasteiger partial charge in [-0.25, -0.2) is 9.38 Å². The van der Waals surface area contributed by atoms with Crippen molar-refractivity contribution in [3.8, 4) is 0 Å². The van der Waals surface area contributed by atoms with E-state index in [9.17, 15) is 14.0 Å². The van der Waals surface area contributed by atoms with Crippen LogP contribution in [0.2, 0.25) is 0 Å². The smallest absolute Gasteiger partial charge is 0.321 e. The van der Waals surface area contributed by atoms with Crippen molar-refractivity contribution < 1.29 is 18.7 Å². The molecule has 3 rings (SSSR count). The molecule has 2 atom stereocenters. The summed E-state index contributed by atoms with van der Waals surface area (Å²) in [5.74, 6) is -1.37. The van der Waals surface area contributed by atoms with Gasteiger partial charge in [0.25, 0.3) is 0 Å². The number of halogens is 1. The first-order valence-electron chi connectivity index (χ1n) is 9.05. The summed E-state index contributed by atoms with van der Waals surface area (Å²) in [6.07, 6.45) is 2.05. The maximum atomic E-state index is 13.3. The second kappa shape index (κ2) is 7.85. The molecular formula is C19H24FN3O3. The van der Waals surface area contributed by atoms with Crippen molar-refractivity contribution in [2.45, 2.75) is 32.7 Å². The molecule has 1 N–H and O–H groups in total. The van der Waals surface area contributed by atoms with Crippen LogP contribution in [-0.2, 0) is 14.3 Å². The molecule has 0 radical (unpaired) electrons. The molecule has 0 bridgehead atoms. The van der Waals surface area contributed by atoms with Crippen LogP contribution in [0.25, 0.3) is 0 Å². The summed E-state index contributed by atoms with van der Waals surface area (Å²) in [5, 5.41) is 2.76. The zero-order chi connectivity index (χ0) is 18.7. The predicted molar refractivity (Wildman–Crippen MR) is 94.8 cm³/mol. The van der Waals surface area contributed by atoms with E-state index in [0.717, 1.165) is 25.9 Å². The summed E-state index contributed by atoms with van der Waals surface area (Å²) in [6.45, 7) is 5.69. The summed E-state index contributed by atoms with van der Waals surface area (Å²) in [4.78, 5) is 31.7. The predicted octanol–water partition coefficient (Wildman–Crippen LogP) is 2.26. The van der Waals surface area contributed by atoms with Crippen molar-refractivity contribution in [2.75, 3.05) is 19.7 Å². The van der Waals surface area contributed by atoms with Crippen molar-refractivity contribution in [1.82, 2.24) is 10.2 Å². The number of rotatable bonds is 3. The largest absolute Gasteiger partial charge is 0.465 e. The lowest BCUT2D eigenvalue weighted by atomic mass is 9.91. The number of carbonyl (C=O) groups excluding carboxylic acids is 2. The molecule has 1 fully saturated rings. The average molecular weight is 361 g/mol. The van der Waals surface area contributed by atoms with Crippen LogP contribution >= 0.6 is 0 Å². The number of benzene rings is 1. The molecule has 26 heavy (non-hydrogen) atoms. The van der Waals surface area contributed by atoms with Crippen molar-refractivity contribution in [3.63, 3.8) is 0 Å². The molecule has 1 aromatic carbocycles. The highest BCUT2D eigenvalue weighted by Gasteiger charge is 2.42. The zero-order valence-corrected chi connectivity index (χ0v) is 15.1. The number of aliphatic imine (C=N–C) groups is 1. The van der Waals surface area contributed by atoms with Gasteiger partial charge in [-0.2, -0.15) is 0 Å². The van der Waals surface area contributed by atoms with E-state index in [0.29, 0.717) is 17.4 Å². The number of hydrogen-bond donors (Lipinski definition) is 1. The molecule has 7 heteroatoms. The number of nitrogens with one attached hydrogen (secondary N) is 1. The number of amides is 1. The maximum Gasteiger partial charge on any atom is 0.321 e. The monoisotopic (exact) mass is 361 g/mol. The minimum Gasteiger partial charge on any atom is -0.465 e. The molecule has 1 amide bonds. The van der Waals surface area contributed by atoms with E-state index in [1.165, 1.54) is 12.1 Å². The minimum atomic E-state index is -1.08. The highest BCUT2D eigenvalue weighted by atomic mass is 19.1. The van der Waals surface area contributed by atoms with E-state index in [1.807, 2.05) is 4.90 Å². The van der Waals surface area contributed by atoms with Gasteiger partial charge in [0.2, 0.25) is 11.9 Å². The topological polar surface area (TPSA) is 71.0 Å². The number of hydrogen-bond acceptors (Lipinski definition) is 5. The second-order valence-electron chi connectivity index (χ2n) is 6.84. The van der Waals surface area contributed by atoms with Gasteiger partial charge in [0, 0.05) is 13.1 Å². The summed E-state index contributed by atoms with van der Waals surface area (Å²) >= 11 is 0. The molecule has 0 unspecified atom stereocenters. The quantitative estimate of drug-likeness (QED) is 0.662. The van der Waals surface area contributed by atoms with E-state index in [1.54, 1.807) is 19.1 Å². The van der Waals surface area contributed by atoms with Gasteiger partial charge in [0.1, 0.15) is 11.9 Å². The molecule has 6 nitrogen and oxygen atoms in total. The lowest BCUT2D eigenvalue weighted by Crippen LogP contribution is -2.54. The Balaban J connectivity index is 1.93.